The first-order valence-electron chi connectivity index (χ1n) is 6.84. The van der Waals surface area contributed by atoms with Crippen LogP contribution >= 0.6 is 23.2 Å². The first-order valence-corrected chi connectivity index (χ1v) is 7.75. The van der Waals surface area contributed by atoms with E-state index in [1.807, 2.05) is 0 Å². The molecule has 0 saturated heterocycles. The number of hydrogen-bond donors (Lipinski definition) is 0. The summed E-state index contributed by atoms with van der Waals surface area (Å²) < 4.78 is 41.0. The monoisotopic (exact) mass is 371 g/mol. The molecule has 3 nitrogen and oxygen atoms in total. The van der Waals surface area contributed by atoms with Gasteiger partial charge in [0.05, 0.1) is 10.6 Å². The van der Waals surface area contributed by atoms with Crippen LogP contribution in [-0.4, -0.2) is 14.8 Å². The number of benzene rings is 2. The van der Waals surface area contributed by atoms with Crippen molar-refractivity contribution in [1.82, 2.24) is 14.8 Å². The van der Waals surface area contributed by atoms with Crippen LogP contribution in [0, 0.1) is 0 Å². The van der Waals surface area contributed by atoms with E-state index in [1.165, 1.54) is 22.9 Å². The number of halogens is 5. The van der Waals surface area contributed by atoms with Gasteiger partial charge in [-0.3, -0.25) is 0 Å². The third-order valence-electron chi connectivity index (χ3n) is 3.37. The first-order chi connectivity index (χ1) is 11.4. The van der Waals surface area contributed by atoms with Crippen molar-refractivity contribution in [2.24, 2.45) is 0 Å². The SMILES string of the molecule is FC(F)(F)c1ccccc1-c1nc(-c2ccccc2Cl)nn1CCl. The summed E-state index contributed by atoms with van der Waals surface area (Å²) in [5.41, 5.74) is -0.361. The van der Waals surface area contributed by atoms with Gasteiger partial charge in [0.25, 0.3) is 0 Å². The molecular weight excluding hydrogens is 362 g/mol. The van der Waals surface area contributed by atoms with Crippen LogP contribution in [0.5, 0.6) is 0 Å². The van der Waals surface area contributed by atoms with Crippen molar-refractivity contribution in [2.75, 3.05) is 0 Å². The minimum Gasteiger partial charge on any atom is -0.230 e. The molecule has 0 aliphatic carbocycles. The Morgan fingerprint density at radius 1 is 0.958 bits per heavy atom. The van der Waals surface area contributed by atoms with Gasteiger partial charge in [-0.1, -0.05) is 41.9 Å². The lowest BCUT2D eigenvalue weighted by atomic mass is 10.1. The highest BCUT2D eigenvalue weighted by molar-refractivity contribution is 6.33. The lowest BCUT2D eigenvalue weighted by molar-refractivity contribution is -0.137. The van der Waals surface area contributed by atoms with Gasteiger partial charge in [-0.05, 0) is 18.2 Å². The second-order valence-corrected chi connectivity index (χ2v) is 5.55. The average molecular weight is 372 g/mol. The van der Waals surface area contributed by atoms with Crippen LogP contribution in [0.4, 0.5) is 13.2 Å². The largest absolute Gasteiger partial charge is 0.417 e. The summed E-state index contributed by atoms with van der Waals surface area (Å²) in [7, 11) is 0. The lowest BCUT2D eigenvalue weighted by Crippen LogP contribution is -2.09. The molecule has 0 atom stereocenters. The van der Waals surface area contributed by atoms with E-state index >= 15 is 0 Å². The molecular formula is C16H10Cl2F3N3. The molecule has 3 aromatic rings. The van der Waals surface area contributed by atoms with Gasteiger partial charge >= 0.3 is 6.18 Å². The molecule has 3 rings (SSSR count). The molecule has 1 aromatic heterocycles. The quantitative estimate of drug-likeness (QED) is 0.570. The maximum absolute atomic E-state index is 13.3. The summed E-state index contributed by atoms with van der Waals surface area (Å²) in [6, 6.07) is 11.9. The van der Waals surface area contributed by atoms with Gasteiger partial charge in [-0.2, -0.15) is 13.2 Å². The Bertz CT molecular complexity index is 875. The molecule has 0 aliphatic heterocycles. The number of alkyl halides is 4. The first kappa shape index (κ1) is 16.8. The van der Waals surface area contributed by atoms with Crippen LogP contribution in [0.3, 0.4) is 0 Å². The molecule has 0 radical (unpaired) electrons. The molecule has 8 heteroatoms. The van der Waals surface area contributed by atoms with E-state index in [0.29, 0.717) is 10.6 Å². The van der Waals surface area contributed by atoms with Crippen LogP contribution in [-0.2, 0) is 12.2 Å². The van der Waals surface area contributed by atoms with Crippen molar-refractivity contribution in [2.45, 2.75) is 12.2 Å². The fraction of sp³-hybridized carbons (Fsp3) is 0.125. The zero-order valence-corrected chi connectivity index (χ0v) is 13.6. The maximum Gasteiger partial charge on any atom is 0.417 e. The van der Waals surface area contributed by atoms with Gasteiger partial charge in [0, 0.05) is 11.1 Å². The molecule has 124 valence electrons. The molecule has 0 unspecified atom stereocenters. The predicted octanol–water partition coefficient (Wildman–Crippen LogP) is 5.48. The van der Waals surface area contributed by atoms with E-state index in [0.717, 1.165) is 6.07 Å². The normalized spacial score (nSPS) is 11.7. The fourth-order valence-corrected chi connectivity index (χ4v) is 2.69. The summed E-state index contributed by atoms with van der Waals surface area (Å²) in [5, 5.41) is 4.58. The third kappa shape index (κ3) is 3.12. The van der Waals surface area contributed by atoms with Gasteiger partial charge in [-0.15, -0.1) is 16.7 Å². The molecule has 24 heavy (non-hydrogen) atoms. The summed E-state index contributed by atoms with van der Waals surface area (Å²) in [6.45, 7) is 0. The van der Waals surface area contributed by atoms with Crippen LogP contribution in [0.1, 0.15) is 5.56 Å². The molecule has 0 N–H and O–H groups in total. The third-order valence-corrected chi connectivity index (χ3v) is 3.93. The Morgan fingerprint density at radius 3 is 2.21 bits per heavy atom. The van der Waals surface area contributed by atoms with E-state index < -0.39 is 11.7 Å². The highest BCUT2D eigenvalue weighted by Crippen LogP contribution is 2.37. The van der Waals surface area contributed by atoms with Crippen molar-refractivity contribution >= 4 is 23.2 Å². The van der Waals surface area contributed by atoms with Crippen LogP contribution in [0.15, 0.2) is 48.5 Å². The second kappa shape index (κ2) is 6.45. The second-order valence-electron chi connectivity index (χ2n) is 4.90. The number of hydrogen-bond acceptors (Lipinski definition) is 2. The van der Waals surface area contributed by atoms with E-state index in [1.54, 1.807) is 24.3 Å². The minimum atomic E-state index is -4.51. The molecule has 0 aliphatic rings. The zero-order chi connectivity index (χ0) is 17.3. The van der Waals surface area contributed by atoms with Gasteiger partial charge in [0.1, 0.15) is 6.00 Å². The Balaban J connectivity index is 2.19. The summed E-state index contributed by atoms with van der Waals surface area (Å²) in [5.74, 6) is 0.251. The van der Waals surface area contributed by atoms with Crippen LogP contribution in [0.25, 0.3) is 22.8 Å². The molecule has 0 amide bonds. The van der Waals surface area contributed by atoms with E-state index in [2.05, 4.69) is 10.1 Å². The topological polar surface area (TPSA) is 30.7 Å². The van der Waals surface area contributed by atoms with E-state index in [9.17, 15) is 13.2 Å². The average Bonchev–Trinajstić information content (AvgIpc) is 2.98. The predicted molar refractivity (Wildman–Crippen MR) is 86.8 cm³/mol. The smallest absolute Gasteiger partial charge is 0.230 e. The van der Waals surface area contributed by atoms with E-state index in [4.69, 9.17) is 23.2 Å². The Morgan fingerprint density at radius 2 is 1.58 bits per heavy atom. The van der Waals surface area contributed by atoms with Crippen molar-refractivity contribution in [3.8, 4) is 22.8 Å². The van der Waals surface area contributed by atoms with Gasteiger partial charge in [0.15, 0.2) is 11.6 Å². The van der Waals surface area contributed by atoms with Crippen molar-refractivity contribution in [1.29, 1.82) is 0 Å². The zero-order valence-electron chi connectivity index (χ0n) is 12.1. The fourth-order valence-electron chi connectivity index (χ4n) is 2.31. The van der Waals surface area contributed by atoms with Gasteiger partial charge in [-0.25, -0.2) is 9.67 Å². The molecule has 0 bridgehead atoms. The molecule has 2 aromatic carbocycles. The van der Waals surface area contributed by atoms with Gasteiger partial charge < -0.3 is 0 Å². The summed E-state index contributed by atoms with van der Waals surface area (Å²) in [6.07, 6.45) is -4.51. The number of rotatable bonds is 3. The van der Waals surface area contributed by atoms with E-state index in [-0.39, 0.29) is 23.2 Å². The summed E-state index contributed by atoms with van der Waals surface area (Å²) >= 11 is 11.9. The van der Waals surface area contributed by atoms with Crippen molar-refractivity contribution < 1.29 is 13.2 Å². The Hall–Kier alpha value is -2.05. The molecule has 1 heterocycles. The number of nitrogens with zero attached hydrogens (tertiary/aromatic N) is 3. The van der Waals surface area contributed by atoms with Crippen LogP contribution in [0.2, 0.25) is 5.02 Å². The number of aromatic nitrogens is 3. The standard InChI is InChI=1S/C16H10Cl2F3N3/c17-9-24-15(10-5-1-3-7-12(10)16(19,20)21)22-14(23-24)11-6-2-4-8-13(11)18/h1-8H,9H2. The van der Waals surface area contributed by atoms with Gasteiger partial charge in [0.2, 0.25) is 0 Å². The summed E-state index contributed by atoms with van der Waals surface area (Å²) in [4.78, 5) is 4.24. The highest BCUT2D eigenvalue weighted by Gasteiger charge is 2.34. The highest BCUT2D eigenvalue weighted by atomic mass is 35.5. The Kier molecular flexibility index (Phi) is 4.51. The van der Waals surface area contributed by atoms with Crippen LogP contribution < -0.4 is 0 Å². The lowest BCUT2D eigenvalue weighted by Gasteiger charge is -2.11. The molecule has 0 fully saturated rings. The molecule has 0 saturated carbocycles. The minimum absolute atomic E-state index is 0.0350. The van der Waals surface area contributed by atoms with Crippen molar-refractivity contribution in [3.63, 3.8) is 0 Å². The Labute approximate surface area is 145 Å². The maximum atomic E-state index is 13.3. The molecule has 0 spiro atoms. The van der Waals surface area contributed by atoms with Crippen molar-refractivity contribution in [3.05, 3.63) is 59.1 Å².